The SMILES string of the molecule is CCCCCCCCCCCCCCCCCCCCCCC(=O)O[C@H](COC(=O)CCCCCCCCCCCCC(C)C)COP(=O)(O)OC[C@@H](O)COP(=O)(O)OC[C@@H](COC(=O)CCCCCCCCC)OC(=O)CCCCCCCCCCC(C)CC. The number of rotatable bonds is 72. The van der Waals surface area contributed by atoms with E-state index in [2.05, 4.69) is 41.5 Å². The molecule has 3 N–H and O–H groups in total. The summed E-state index contributed by atoms with van der Waals surface area (Å²) in [5, 5.41) is 10.6. The van der Waals surface area contributed by atoms with Gasteiger partial charge in [-0.3, -0.25) is 37.3 Å². The second kappa shape index (κ2) is 65.0. The Morgan fingerprint density at radius 3 is 0.826 bits per heavy atom. The van der Waals surface area contributed by atoms with Gasteiger partial charge in [-0.1, -0.05) is 324 Å². The van der Waals surface area contributed by atoms with Gasteiger partial charge in [0.2, 0.25) is 0 Å². The van der Waals surface area contributed by atoms with Crippen LogP contribution < -0.4 is 0 Å². The summed E-state index contributed by atoms with van der Waals surface area (Å²) in [6, 6.07) is 0. The first-order valence-electron chi connectivity index (χ1n) is 38.0. The highest BCUT2D eigenvalue weighted by Gasteiger charge is 2.30. The first kappa shape index (κ1) is 90.1. The molecule has 0 aliphatic carbocycles. The summed E-state index contributed by atoms with van der Waals surface area (Å²) in [4.78, 5) is 72.5. The van der Waals surface area contributed by atoms with Gasteiger partial charge in [0.15, 0.2) is 12.2 Å². The van der Waals surface area contributed by atoms with Crippen LogP contribution in [0.1, 0.15) is 375 Å². The average molecular weight is 1350 g/mol. The van der Waals surface area contributed by atoms with Gasteiger partial charge in [-0.2, -0.15) is 0 Å². The van der Waals surface area contributed by atoms with Crippen LogP contribution in [0, 0.1) is 11.8 Å². The maximum atomic E-state index is 13.0. The van der Waals surface area contributed by atoms with Crippen LogP contribution in [0.25, 0.3) is 0 Å². The summed E-state index contributed by atoms with van der Waals surface area (Å²) in [7, 11) is -9.90. The molecular weight excluding hydrogens is 1210 g/mol. The van der Waals surface area contributed by atoms with Crippen LogP contribution in [0.3, 0.4) is 0 Å². The van der Waals surface area contributed by atoms with Crippen molar-refractivity contribution in [3.8, 4) is 0 Å². The number of aliphatic hydroxyl groups is 1. The summed E-state index contributed by atoms with van der Waals surface area (Å²) in [5.74, 6) is -0.598. The van der Waals surface area contributed by atoms with Crippen molar-refractivity contribution in [1.29, 1.82) is 0 Å². The number of hydrogen-bond acceptors (Lipinski definition) is 15. The fourth-order valence-corrected chi connectivity index (χ4v) is 12.7. The molecule has 0 saturated carbocycles. The molecular formula is C73H142O17P2. The van der Waals surface area contributed by atoms with E-state index >= 15 is 0 Å². The molecule has 546 valence electrons. The molecule has 0 aromatic rings. The highest BCUT2D eigenvalue weighted by atomic mass is 31.2. The number of aliphatic hydroxyl groups excluding tert-OH is 1. The Balaban J connectivity index is 5.18. The average Bonchev–Trinajstić information content (AvgIpc) is 3.69. The second-order valence-electron chi connectivity index (χ2n) is 27.1. The van der Waals surface area contributed by atoms with Crippen LogP contribution in [-0.2, 0) is 65.4 Å². The normalized spacial score (nSPS) is 14.4. The Hall–Kier alpha value is -1.94. The minimum atomic E-state index is -4.95. The molecule has 0 aliphatic rings. The Morgan fingerprint density at radius 1 is 0.315 bits per heavy atom. The van der Waals surface area contributed by atoms with Crippen molar-refractivity contribution >= 4 is 39.5 Å². The molecule has 0 aliphatic heterocycles. The van der Waals surface area contributed by atoms with Crippen molar-refractivity contribution < 1.29 is 80.2 Å². The van der Waals surface area contributed by atoms with E-state index in [0.29, 0.717) is 25.7 Å². The van der Waals surface area contributed by atoms with Crippen molar-refractivity contribution in [2.75, 3.05) is 39.6 Å². The third-order valence-corrected chi connectivity index (χ3v) is 19.2. The molecule has 6 atom stereocenters. The zero-order valence-corrected chi connectivity index (χ0v) is 61.6. The third kappa shape index (κ3) is 65.4. The van der Waals surface area contributed by atoms with E-state index in [-0.39, 0.29) is 25.7 Å². The minimum Gasteiger partial charge on any atom is -0.462 e. The largest absolute Gasteiger partial charge is 0.472 e. The number of esters is 4. The number of unbranched alkanes of at least 4 members (excludes halogenated alkanes) is 41. The van der Waals surface area contributed by atoms with E-state index in [1.807, 2.05) is 0 Å². The quantitative estimate of drug-likeness (QED) is 0.0222. The molecule has 17 nitrogen and oxygen atoms in total. The zero-order valence-electron chi connectivity index (χ0n) is 59.9. The third-order valence-electron chi connectivity index (χ3n) is 17.3. The van der Waals surface area contributed by atoms with Crippen molar-refractivity contribution in [3.05, 3.63) is 0 Å². The Bertz CT molecular complexity index is 1790. The molecule has 92 heavy (non-hydrogen) atoms. The molecule has 0 fully saturated rings. The molecule has 0 aromatic carbocycles. The highest BCUT2D eigenvalue weighted by molar-refractivity contribution is 7.47. The lowest BCUT2D eigenvalue weighted by Gasteiger charge is -2.21. The van der Waals surface area contributed by atoms with E-state index in [0.717, 1.165) is 115 Å². The lowest BCUT2D eigenvalue weighted by Crippen LogP contribution is -2.30. The van der Waals surface area contributed by atoms with Crippen LogP contribution >= 0.6 is 15.6 Å². The lowest BCUT2D eigenvalue weighted by molar-refractivity contribution is -0.161. The summed E-state index contributed by atoms with van der Waals surface area (Å²) < 4.78 is 68.3. The number of phosphoric ester groups is 2. The minimum absolute atomic E-state index is 0.105. The lowest BCUT2D eigenvalue weighted by atomic mass is 9.99. The first-order chi connectivity index (χ1) is 44.4. The van der Waals surface area contributed by atoms with Crippen LogP contribution in [0.4, 0.5) is 0 Å². The standard InChI is InChI=1S/C73H142O17P2/c1-7-10-12-14-16-17-18-19-20-21-22-23-24-25-26-27-32-39-45-51-57-72(77)89-69(62-84-71(76)56-50-44-38-31-29-28-30-36-41-47-53-65(4)5)64-88-92(81,82)86-60-67(74)59-85-91(79,80)87-63-68(61-83-70(75)55-49-43-35-15-13-11-8-2)90-73(78)58-52-46-40-34-33-37-42-48-54-66(6)9-3/h65-69,74H,7-64H2,1-6H3,(H,79,80)(H,81,82)/t66?,67-,68+,69+/m0/s1. The fourth-order valence-electron chi connectivity index (χ4n) is 11.1. The monoisotopic (exact) mass is 1350 g/mol. The summed E-state index contributed by atoms with van der Waals surface area (Å²) in [5.41, 5.74) is 0. The van der Waals surface area contributed by atoms with Crippen LogP contribution in [-0.4, -0.2) is 96.7 Å². The van der Waals surface area contributed by atoms with Gasteiger partial charge in [0.25, 0.3) is 0 Å². The van der Waals surface area contributed by atoms with E-state index in [4.69, 9.17) is 37.0 Å². The van der Waals surface area contributed by atoms with Gasteiger partial charge in [-0.25, -0.2) is 9.13 Å². The predicted octanol–water partition coefficient (Wildman–Crippen LogP) is 21.2. The summed E-state index contributed by atoms with van der Waals surface area (Å²) in [6.07, 6.45) is 51.5. The number of hydrogen-bond donors (Lipinski definition) is 3. The molecule has 0 bridgehead atoms. The van der Waals surface area contributed by atoms with Crippen LogP contribution in [0.15, 0.2) is 0 Å². The highest BCUT2D eigenvalue weighted by Crippen LogP contribution is 2.45. The predicted molar refractivity (Wildman–Crippen MR) is 372 cm³/mol. The number of carbonyl (C=O) groups is 4. The zero-order chi connectivity index (χ0) is 67.9. The molecule has 0 saturated heterocycles. The van der Waals surface area contributed by atoms with Crippen molar-refractivity contribution in [1.82, 2.24) is 0 Å². The molecule has 19 heteroatoms. The Kier molecular flexibility index (Phi) is 63.7. The van der Waals surface area contributed by atoms with E-state index in [1.165, 1.54) is 180 Å². The van der Waals surface area contributed by atoms with Gasteiger partial charge in [-0.05, 0) is 37.5 Å². The van der Waals surface area contributed by atoms with Crippen LogP contribution in [0.2, 0.25) is 0 Å². The topological polar surface area (TPSA) is 237 Å². The second-order valence-corrected chi connectivity index (χ2v) is 30.0. The van der Waals surface area contributed by atoms with Crippen molar-refractivity contribution in [2.24, 2.45) is 11.8 Å². The molecule has 3 unspecified atom stereocenters. The molecule has 0 heterocycles. The van der Waals surface area contributed by atoms with E-state index < -0.39 is 97.5 Å². The number of carbonyl (C=O) groups excluding carboxylic acids is 4. The molecule has 0 spiro atoms. The van der Waals surface area contributed by atoms with Crippen LogP contribution in [0.5, 0.6) is 0 Å². The molecule has 0 radical (unpaired) electrons. The van der Waals surface area contributed by atoms with E-state index in [1.54, 1.807) is 0 Å². The number of phosphoric acid groups is 2. The Labute approximate surface area is 562 Å². The smallest absolute Gasteiger partial charge is 0.462 e. The van der Waals surface area contributed by atoms with Gasteiger partial charge in [0.1, 0.15) is 19.3 Å². The van der Waals surface area contributed by atoms with Gasteiger partial charge in [0, 0.05) is 25.7 Å². The Morgan fingerprint density at radius 2 is 0.554 bits per heavy atom. The van der Waals surface area contributed by atoms with Crippen molar-refractivity contribution in [3.63, 3.8) is 0 Å². The summed E-state index contributed by atoms with van der Waals surface area (Å²) in [6.45, 7) is 9.52. The van der Waals surface area contributed by atoms with Crippen molar-refractivity contribution in [2.45, 2.75) is 394 Å². The molecule has 0 amide bonds. The maximum Gasteiger partial charge on any atom is 0.472 e. The van der Waals surface area contributed by atoms with Gasteiger partial charge < -0.3 is 33.8 Å². The molecule has 0 rings (SSSR count). The maximum absolute atomic E-state index is 13.0. The van der Waals surface area contributed by atoms with E-state index in [9.17, 15) is 43.2 Å². The summed E-state index contributed by atoms with van der Waals surface area (Å²) >= 11 is 0. The number of ether oxygens (including phenoxy) is 4. The molecule has 0 aromatic heterocycles. The van der Waals surface area contributed by atoms with Gasteiger partial charge >= 0.3 is 39.5 Å². The van der Waals surface area contributed by atoms with Gasteiger partial charge in [0.05, 0.1) is 26.4 Å². The van der Waals surface area contributed by atoms with Gasteiger partial charge in [-0.15, -0.1) is 0 Å². The fraction of sp³-hybridized carbons (Fsp3) is 0.945. The first-order valence-corrected chi connectivity index (χ1v) is 41.0.